The van der Waals surface area contributed by atoms with E-state index in [2.05, 4.69) is 32.2 Å². The maximum atomic E-state index is 10.4. The molecule has 0 saturated heterocycles. The number of aliphatic hydroxyl groups is 1. The summed E-state index contributed by atoms with van der Waals surface area (Å²) in [4.78, 5) is 0. The predicted octanol–water partition coefficient (Wildman–Crippen LogP) is 4.88. The molecule has 0 aliphatic heterocycles. The van der Waals surface area contributed by atoms with E-state index in [-0.39, 0.29) is 12.1 Å². The van der Waals surface area contributed by atoms with Crippen molar-refractivity contribution < 1.29 is 19.3 Å². The van der Waals surface area contributed by atoms with Crippen molar-refractivity contribution in [2.75, 3.05) is 26.9 Å². The topological polar surface area (TPSA) is 83.7 Å². The summed E-state index contributed by atoms with van der Waals surface area (Å²) in [6, 6.07) is 15.4. The highest BCUT2D eigenvalue weighted by Gasteiger charge is 2.20. The fraction of sp³-hybridized carbons (Fsp3) is 0.519. The zero-order valence-corrected chi connectivity index (χ0v) is 20.4. The van der Waals surface area contributed by atoms with Gasteiger partial charge in [0.2, 0.25) is 0 Å². The predicted molar refractivity (Wildman–Crippen MR) is 131 cm³/mol. The molecule has 0 bridgehead atoms. The van der Waals surface area contributed by atoms with Gasteiger partial charge in [0.1, 0.15) is 36.0 Å². The number of nitriles is 1. The molecule has 2 aromatic rings. The highest BCUT2D eigenvalue weighted by Crippen LogP contribution is 2.24. The van der Waals surface area contributed by atoms with Gasteiger partial charge in [-0.25, -0.2) is 0 Å². The summed E-state index contributed by atoms with van der Waals surface area (Å²) < 4.78 is 16.7. The summed E-state index contributed by atoms with van der Waals surface area (Å²) in [5, 5.41) is 23.3. The van der Waals surface area contributed by atoms with Gasteiger partial charge < -0.3 is 24.6 Å². The molecule has 0 heterocycles. The van der Waals surface area contributed by atoms with E-state index in [1.165, 1.54) is 18.4 Å². The van der Waals surface area contributed by atoms with E-state index < -0.39 is 6.10 Å². The van der Waals surface area contributed by atoms with Gasteiger partial charge in [0.15, 0.2) is 0 Å². The summed E-state index contributed by atoms with van der Waals surface area (Å²) in [5.74, 6) is 1.95. The maximum Gasteiger partial charge on any atom is 0.137 e. The van der Waals surface area contributed by atoms with Crippen LogP contribution in [0.1, 0.15) is 57.6 Å². The molecule has 33 heavy (non-hydrogen) atoms. The number of benzene rings is 2. The van der Waals surface area contributed by atoms with Crippen LogP contribution in [0, 0.1) is 11.3 Å². The Morgan fingerprint density at radius 3 is 2.42 bits per heavy atom. The molecule has 2 aromatic carbocycles. The van der Waals surface area contributed by atoms with Crippen LogP contribution < -0.4 is 19.5 Å². The first-order valence-corrected chi connectivity index (χ1v) is 11.7. The number of ether oxygens (including phenoxy) is 3. The second-order valence-electron chi connectivity index (χ2n) is 8.93. The first kappa shape index (κ1) is 26.5. The normalized spacial score (nSPS) is 12.1. The highest BCUT2D eigenvalue weighted by atomic mass is 16.5. The Morgan fingerprint density at radius 2 is 1.76 bits per heavy atom. The van der Waals surface area contributed by atoms with E-state index in [9.17, 15) is 10.4 Å². The van der Waals surface area contributed by atoms with Crippen molar-refractivity contribution in [3.05, 3.63) is 53.6 Å². The van der Waals surface area contributed by atoms with Crippen LogP contribution in [-0.2, 0) is 6.42 Å². The summed E-state index contributed by atoms with van der Waals surface area (Å²) in [5.41, 5.74) is 1.38. The van der Waals surface area contributed by atoms with Gasteiger partial charge in [0, 0.05) is 18.2 Å². The van der Waals surface area contributed by atoms with Crippen molar-refractivity contribution >= 4 is 0 Å². The van der Waals surface area contributed by atoms with Gasteiger partial charge in [-0.3, -0.25) is 0 Å². The number of nitrogens with zero attached hydrogens (tertiary/aromatic N) is 1. The smallest absolute Gasteiger partial charge is 0.137 e. The van der Waals surface area contributed by atoms with Gasteiger partial charge in [-0.05, 0) is 56.5 Å². The fourth-order valence-electron chi connectivity index (χ4n) is 3.49. The minimum atomic E-state index is -0.707. The number of hydrogen-bond acceptors (Lipinski definition) is 6. The first-order chi connectivity index (χ1) is 15.9. The van der Waals surface area contributed by atoms with Crippen LogP contribution in [0.25, 0.3) is 0 Å². The summed E-state index contributed by atoms with van der Waals surface area (Å²) in [7, 11) is 1.65. The molecule has 1 atom stereocenters. The number of methoxy groups -OCH3 is 1. The maximum absolute atomic E-state index is 10.4. The lowest BCUT2D eigenvalue weighted by atomic mass is 9.94. The largest absolute Gasteiger partial charge is 0.497 e. The minimum Gasteiger partial charge on any atom is -0.497 e. The molecule has 0 radical (unpaired) electrons. The Bertz CT molecular complexity index is 875. The quantitative estimate of drug-likeness (QED) is 0.373. The fourth-order valence-corrected chi connectivity index (χ4v) is 3.49. The molecule has 180 valence electrons. The van der Waals surface area contributed by atoms with Crippen LogP contribution in [0.2, 0.25) is 0 Å². The van der Waals surface area contributed by atoms with Crippen LogP contribution in [0.3, 0.4) is 0 Å². The second-order valence-corrected chi connectivity index (χ2v) is 8.93. The monoisotopic (exact) mass is 454 g/mol. The van der Waals surface area contributed by atoms with Crippen LogP contribution in [0.5, 0.6) is 17.2 Å². The number of rotatable bonds is 15. The van der Waals surface area contributed by atoms with Gasteiger partial charge in [-0.1, -0.05) is 38.3 Å². The van der Waals surface area contributed by atoms with Gasteiger partial charge in [-0.15, -0.1) is 0 Å². The molecule has 0 spiro atoms. The van der Waals surface area contributed by atoms with Gasteiger partial charge in [0.05, 0.1) is 19.3 Å². The van der Waals surface area contributed by atoms with Crippen molar-refractivity contribution in [1.29, 1.82) is 5.26 Å². The zero-order chi connectivity index (χ0) is 24.1. The summed E-state index contributed by atoms with van der Waals surface area (Å²) in [6.07, 6.45) is 4.64. The van der Waals surface area contributed by atoms with E-state index in [0.717, 1.165) is 25.0 Å². The van der Waals surface area contributed by atoms with Crippen molar-refractivity contribution in [3.63, 3.8) is 0 Å². The third kappa shape index (κ3) is 9.73. The molecule has 0 fully saturated rings. The Hall–Kier alpha value is -2.75. The molecule has 0 aromatic heterocycles. The molecular weight excluding hydrogens is 416 g/mol. The molecule has 2 rings (SSSR count). The van der Waals surface area contributed by atoms with E-state index in [4.69, 9.17) is 14.2 Å². The number of hydrogen-bond donors (Lipinski definition) is 2. The van der Waals surface area contributed by atoms with Crippen LogP contribution in [0.15, 0.2) is 42.5 Å². The second kappa shape index (κ2) is 13.7. The average molecular weight is 455 g/mol. The molecule has 6 heteroatoms. The van der Waals surface area contributed by atoms with Crippen molar-refractivity contribution in [2.45, 2.75) is 64.5 Å². The van der Waals surface area contributed by atoms with Crippen molar-refractivity contribution in [3.8, 4) is 23.3 Å². The molecule has 0 aliphatic rings. The molecule has 6 nitrogen and oxygen atoms in total. The molecule has 0 unspecified atom stereocenters. The van der Waals surface area contributed by atoms with Crippen molar-refractivity contribution in [2.24, 2.45) is 0 Å². The van der Waals surface area contributed by atoms with Gasteiger partial charge >= 0.3 is 0 Å². The van der Waals surface area contributed by atoms with E-state index in [1.54, 1.807) is 25.3 Å². The van der Waals surface area contributed by atoms with Gasteiger partial charge in [0.25, 0.3) is 0 Å². The van der Waals surface area contributed by atoms with E-state index in [0.29, 0.717) is 30.2 Å². The third-order valence-electron chi connectivity index (χ3n) is 5.39. The SMILES string of the molecule is CCCCCCOc1ccc(OC[C@H](O)CNC(C)(C)Cc2ccc(OC)cc2)c(C#N)c1. The molecule has 0 aliphatic carbocycles. The lowest BCUT2D eigenvalue weighted by molar-refractivity contribution is 0.0986. The number of β-amino-alcohol motifs (C(OH)–C–C–N with tert-alkyl or cyclic N) is 1. The average Bonchev–Trinajstić information content (AvgIpc) is 2.82. The molecule has 0 saturated carbocycles. The highest BCUT2D eigenvalue weighted by molar-refractivity contribution is 5.47. The van der Waals surface area contributed by atoms with E-state index >= 15 is 0 Å². The van der Waals surface area contributed by atoms with Crippen LogP contribution in [-0.4, -0.2) is 43.6 Å². The Morgan fingerprint density at radius 1 is 1.03 bits per heavy atom. The number of nitrogens with one attached hydrogen (secondary N) is 1. The Balaban J connectivity index is 1.79. The lowest BCUT2D eigenvalue weighted by Gasteiger charge is -2.28. The minimum absolute atomic E-state index is 0.0948. The molecule has 2 N–H and O–H groups in total. The van der Waals surface area contributed by atoms with Gasteiger partial charge in [-0.2, -0.15) is 5.26 Å². The summed E-state index contributed by atoms with van der Waals surface area (Å²) in [6.45, 7) is 7.48. The molecule has 0 amide bonds. The van der Waals surface area contributed by atoms with Crippen LogP contribution >= 0.6 is 0 Å². The lowest BCUT2D eigenvalue weighted by Crippen LogP contribution is -2.46. The van der Waals surface area contributed by atoms with E-state index in [1.807, 2.05) is 24.3 Å². The van der Waals surface area contributed by atoms with Crippen LogP contribution in [0.4, 0.5) is 0 Å². The summed E-state index contributed by atoms with van der Waals surface area (Å²) >= 11 is 0. The standard InChI is InChI=1S/C27H38N2O4/c1-5-6-7-8-15-32-25-13-14-26(22(16-25)18-28)33-20-23(30)19-29-27(2,3)17-21-9-11-24(31-4)12-10-21/h9-14,16,23,29-30H,5-8,15,17,19-20H2,1-4H3/t23-/m1/s1. The van der Waals surface area contributed by atoms with Crippen molar-refractivity contribution in [1.82, 2.24) is 5.32 Å². The zero-order valence-electron chi connectivity index (χ0n) is 20.4. The Kier molecular flexibility index (Phi) is 11.0. The Labute approximate surface area is 198 Å². The first-order valence-electron chi connectivity index (χ1n) is 11.7. The molecular formula is C27H38N2O4. The number of aliphatic hydroxyl groups excluding tert-OH is 1. The third-order valence-corrected chi connectivity index (χ3v) is 5.39. The number of unbranched alkanes of at least 4 members (excludes halogenated alkanes) is 3.